The van der Waals surface area contributed by atoms with E-state index < -0.39 is 0 Å². The number of para-hydroxylation sites is 2. The molecule has 0 unspecified atom stereocenters. The van der Waals surface area contributed by atoms with Crippen LogP contribution in [0.5, 0.6) is 11.5 Å². The number of hydrogen-bond acceptors (Lipinski definition) is 6. The third kappa shape index (κ3) is 3.08. The van der Waals surface area contributed by atoms with Crippen molar-refractivity contribution in [1.29, 1.82) is 0 Å². The van der Waals surface area contributed by atoms with E-state index in [-0.39, 0.29) is 0 Å². The first kappa shape index (κ1) is 16.8. The molecule has 2 heterocycles. The summed E-state index contributed by atoms with van der Waals surface area (Å²) in [5.41, 5.74) is 6.29. The van der Waals surface area contributed by atoms with Gasteiger partial charge in [0.05, 0.1) is 18.0 Å². The van der Waals surface area contributed by atoms with Crippen molar-refractivity contribution >= 4 is 28.4 Å². The summed E-state index contributed by atoms with van der Waals surface area (Å²) >= 11 is 1.51. The lowest BCUT2D eigenvalue weighted by molar-refractivity contribution is 0.483. The number of benzene rings is 3. The van der Waals surface area contributed by atoms with Crippen molar-refractivity contribution < 1.29 is 4.74 Å². The van der Waals surface area contributed by atoms with Gasteiger partial charge >= 0.3 is 0 Å². The first-order valence-corrected chi connectivity index (χ1v) is 9.88. The highest BCUT2D eigenvalue weighted by atomic mass is 32.1. The van der Waals surface area contributed by atoms with Crippen molar-refractivity contribution in [2.45, 2.75) is 0 Å². The lowest BCUT2D eigenvalue weighted by Crippen LogP contribution is -2.23. The zero-order valence-corrected chi connectivity index (χ0v) is 16.1. The van der Waals surface area contributed by atoms with Crippen LogP contribution in [0, 0.1) is 0 Å². The van der Waals surface area contributed by atoms with Crippen LogP contribution in [0.25, 0.3) is 10.6 Å². The molecule has 1 aliphatic rings. The molecule has 0 spiro atoms. The Hall–Kier alpha value is -3.38. The second-order valence-electron chi connectivity index (χ2n) is 6.63. The fraction of sp³-hybridized carbons (Fsp3) is 0.0909. The molecule has 0 saturated carbocycles. The van der Waals surface area contributed by atoms with Crippen molar-refractivity contribution in [3.8, 4) is 22.1 Å². The average molecular weight is 386 g/mol. The van der Waals surface area contributed by atoms with Crippen molar-refractivity contribution in [3.63, 3.8) is 0 Å². The second kappa shape index (κ2) is 6.98. The van der Waals surface area contributed by atoms with Crippen LogP contribution in [0.15, 0.2) is 78.3 Å². The molecule has 4 aromatic rings. The molecule has 0 bridgehead atoms. The number of aromatic nitrogens is 2. The van der Waals surface area contributed by atoms with Crippen molar-refractivity contribution in [1.82, 2.24) is 10.2 Å². The Morgan fingerprint density at radius 1 is 0.893 bits per heavy atom. The third-order valence-corrected chi connectivity index (χ3v) is 5.48. The van der Waals surface area contributed by atoms with E-state index in [0.717, 1.165) is 34.4 Å². The van der Waals surface area contributed by atoms with Gasteiger partial charge in [0.2, 0.25) is 0 Å². The highest BCUT2D eigenvalue weighted by molar-refractivity contribution is 7.12. The SMILES string of the molecule is CN1CN(c2cccc(Oc3cccc(-c4nncs4)c3)c2)c2ccccc21. The zero-order valence-electron chi connectivity index (χ0n) is 15.3. The number of fused-ring (bicyclic) bond motifs is 1. The summed E-state index contributed by atoms with van der Waals surface area (Å²) in [6.45, 7) is 0.815. The highest BCUT2D eigenvalue weighted by Gasteiger charge is 2.24. The molecule has 138 valence electrons. The Kier molecular flexibility index (Phi) is 4.18. The van der Waals surface area contributed by atoms with Crippen LogP contribution in [-0.2, 0) is 0 Å². The molecule has 0 atom stereocenters. The Balaban J connectivity index is 1.42. The van der Waals surface area contributed by atoms with Gasteiger partial charge in [-0.2, -0.15) is 0 Å². The standard InChI is InChI=1S/C22H18N4OS/c1-25-15-26(21-11-3-2-10-20(21)25)17-7-5-9-19(13-17)27-18-8-4-6-16(12-18)22-24-23-14-28-22/h2-14H,15H2,1H3. The van der Waals surface area contributed by atoms with Gasteiger partial charge in [-0.1, -0.05) is 41.7 Å². The van der Waals surface area contributed by atoms with Crippen molar-refractivity contribution in [3.05, 3.63) is 78.3 Å². The van der Waals surface area contributed by atoms with Gasteiger partial charge in [0, 0.05) is 24.4 Å². The molecule has 3 aromatic carbocycles. The maximum atomic E-state index is 6.15. The number of hydrogen-bond donors (Lipinski definition) is 0. The summed E-state index contributed by atoms with van der Waals surface area (Å²) in [5.74, 6) is 1.59. The van der Waals surface area contributed by atoms with Crippen LogP contribution >= 0.6 is 11.3 Å². The molecular formula is C22H18N4OS. The minimum atomic E-state index is 0.781. The molecule has 0 fully saturated rings. The lowest BCUT2D eigenvalue weighted by atomic mass is 10.2. The molecule has 1 aliphatic heterocycles. The van der Waals surface area contributed by atoms with Gasteiger partial charge in [0.15, 0.2) is 0 Å². The van der Waals surface area contributed by atoms with Gasteiger partial charge in [-0.25, -0.2) is 0 Å². The zero-order chi connectivity index (χ0) is 18.9. The predicted octanol–water partition coefficient (Wildman–Crippen LogP) is 5.54. The van der Waals surface area contributed by atoms with Gasteiger partial charge in [0.1, 0.15) is 22.0 Å². The van der Waals surface area contributed by atoms with E-state index >= 15 is 0 Å². The van der Waals surface area contributed by atoms with Gasteiger partial charge in [-0.3, -0.25) is 0 Å². The average Bonchev–Trinajstić information content (AvgIpc) is 3.38. The molecule has 5 nitrogen and oxygen atoms in total. The molecule has 0 saturated heterocycles. The smallest absolute Gasteiger partial charge is 0.147 e. The van der Waals surface area contributed by atoms with E-state index in [1.165, 1.54) is 22.7 Å². The highest BCUT2D eigenvalue weighted by Crippen LogP contribution is 2.40. The van der Waals surface area contributed by atoms with E-state index in [1.54, 1.807) is 5.51 Å². The quantitative estimate of drug-likeness (QED) is 0.460. The summed E-state index contributed by atoms with van der Waals surface area (Å²) in [7, 11) is 2.11. The van der Waals surface area contributed by atoms with Crippen LogP contribution in [0.2, 0.25) is 0 Å². The molecule has 0 aliphatic carbocycles. The molecule has 6 heteroatoms. The molecule has 1 aromatic heterocycles. The Labute approximate surface area is 167 Å². The van der Waals surface area contributed by atoms with Gasteiger partial charge in [-0.05, 0) is 36.4 Å². The maximum absolute atomic E-state index is 6.15. The van der Waals surface area contributed by atoms with Crippen molar-refractivity contribution in [2.75, 3.05) is 23.5 Å². The van der Waals surface area contributed by atoms with E-state index in [4.69, 9.17) is 4.74 Å². The minimum Gasteiger partial charge on any atom is -0.457 e. The van der Waals surface area contributed by atoms with E-state index in [9.17, 15) is 0 Å². The topological polar surface area (TPSA) is 41.5 Å². The van der Waals surface area contributed by atoms with Gasteiger partial charge in [-0.15, -0.1) is 10.2 Å². The van der Waals surface area contributed by atoms with Gasteiger partial charge < -0.3 is 14.5 Å². The molecule has 28 heavy (non-hydrogen) atoms. The second-order valence-corrected chi connectivity index (χ2v) is 7.46. The Morgan fingerprint density at radius 3 is 2.50 bits per heavy atom. The third-order valence-electron chi connectivity index (χ3n) is 4.74. The summed E-state index contributed by atoms with van der Waals surface area (Å²) in [4.78, 5) is 4.54. The van der Waals surface area contributed by atoms with Crippen LogP contribution in [0.1, 0.15) is 0 Å². The maximum Gasteiger partial charge on any atom is 0.147 e. The molecule has 5 rings (SSSR count). The van der Waals surface area contributed by atoms with Crippen LogP contribution in [-0.4, -0.2) is 23.9 Å². The van der Waals surface area contributed by atoms with Crippen molar-refractivity contribution in [2.24, 2.45) is 0 Å². The number of anilines is 3. The largest absolute Gasteiger partial charge is 0.457 e. The summed E-state index contributed by atoms with van der Waals surface area (Å²) in [6, 6.07) is 24.6. The molecule has 0 amide bonds. The predicted molar refractivity (Wildman–Crippen MR) is 114 cm³/mol. The minimum absolute atomic E-state index is 0.781. The first-order chi connectivity index (χ1) is 13.8. The molecule has 0 radical (unpaired) electrons. The van der Waals surface area contributed by atoms with E-state index in [0.29, 0.717) is 0 Å². The summed E-state index contributed by atoms with van der Waals surface area (Å²) in [6.07, 6.45) is 0. The fourth-order valence-electron chi connectivity index (χ4n) is 3.44. The number of ether oxygens (including phenoxy) is 1. The monoisotopic (exact) mass is 386 g/mol. The molecular weight excluding hydrogens is 368 g/mol. The number of rotatable bonds is 4. The van der Waals surface area contributed by atoms with Crippen LogP contribution in [0.4, 0.5) is 17.1 Å². The summed E-state index contributed by atoms with van der Waals surface area (Å²) < 4.78 is 6.15. The van der Waals surface area contributed by atoms with Crippen LogP contribution < -0.4 is 14.5 Å². The van der Waals surface area contributed by atoms with E-state index in [2.05, 4.69) is 63.4 Å². The first-order valence-electron chi connectivity index (χ1n) is 9.00. The van der Waals surface area contributed by atoms with E-state index in [1.807, 2.05) is 36.4 Å². The lowest BCUT2D eigenvalue weighted by Gasteiger charge is -2.20. The normalized spacial score (nSPS) is 12.9. The Morgan fingerprint density at radius 2 is 1.68 bits per heavy atom. The molecule has 0 N–H and O–H groups in total. The van der Waals surface area contributed by atoms with Crippen LogP contribution in [0.3, 0.4) is 0 Å². The number of nitrogens with zero attached hydrogens (tertiary/aromatic N) is 4. The summed E-state index contributed by atoms with van der Waals surface area (Å²) in [5, 5.41) is 8.93. The van der Waals surface area contributed by atoms with Gasteiger partial charge in [0.25, 0.3) is 0 Å². The fourth-order valence-corrected chi connectivity index (χ4v) is 3.99. The Bertz CT molecular complexity index is 1110.